The molecule has 0 aromatic heterocycles. The van der Waals surface area contributed by atoms with Gasteiger partial charge in [-0.3, -0.25) is 0 Å². The minimum absolute atomic E-state index is 0.00356. The van der Waals surface area contributed by atoms with Gasteiger partial charge >= 0.3 is 6.03 Å². The number of hydrogen-bond donors (Lipinski definition) is 2. The fraction of sp³-hybridized carbons (Fsp3) is 0.462. The zero-order valence-corrected chi connectivity index (χ0v) is 10.7. The van der Waals surface area contributed by atoms with Crippen molar-refractivity contribution in [2.45, 2.75) is 19.4 Å². The number of hydrogen-bond acceptors (Lipinski definition) is 3. The molecule has 0 saturated heterocycles. The van der Waals surface area contributed by atoms with Gasteiger partial charge in [-0.1, -0.05) is 12.1 Å². The molecule has 5 nitrogen and oxygen atoms in total. The number of ether oxygens (including phenoxy) is 2. The molecular formula is C13H18N2O3. The highest BCUT2D eigenvalue weighted by Crippen LogP contribution is 2.34. The predicted octanol–water partition coefficient (Wildman–Crippen LogP) is 1.32. The number of methoxy groups -OCH3 is 1. The van der Waals surface area contributed by atoms with Gasteiger partial charge in [0.2, 0.25) is 0 Å². The van der Waals surface area contributed by atoms with E-state index in [-0.39, 0.29) is 12.1 Å². The van der Waals surface area contributed by atoms with E-state index in [1.165, 1.54) is 0 Å². The molecular weight excluding hydrogens is 232 g/mol. The third-order valence-corrected chi connectivity index (χ3v) is 2.85. The molecule has 2 amide bonds. The lowest BCUT2D eigenvalue weighted by Gasteiger charge is -2.27. The largest absolute Gasteiger partial charge is 0.493 e. The third-order valence-electron chi connectivity index (χ3n) is 2.85. The van der Waals surface area contributed by atoms with Crippen molar-refractivity contribution >= 4 is 6.03 Å². The van der Waals surface area contributed by atoms with Crippen LogP contribution in [-0.2, 0) is 6.42 Å². The molecule has 1 aliphatic heterocycles. The molecule has 0 spiro atoms. The van der Waals surface area contributed by atoms with Crippen molar-refractivity contribution in [2.75, 3.05) is 20.3 Å². The van der Waals surface area contributed by atoms with Crippen molar-refractivity contribution < 1.29 is 14.3 Å². The zero-order valence-electron chi connectivity index (χ0n) is 10.7. The molecule has 1 aliphatic rings. The Morgan fingerprint density at radius 3 is 3.11 bits per heavy atom. The standard InChI is InChI=1S/C13H18N2O3/c1-3-14-13(16)15-10-7-9-5-4-6-11(17-2)12(9)18-8-10/h4-6,10H,3,7-8H2,1-2H3,(H2,14,15,16)/t10-/m1/s1. The average Bonchev–Trinajstić information content (AvgIpc) is 2.38. The number of nitrogens with one attached hydrogen (secondary N) is 2. The summed E-state index contributed by atoms with van der Waals surface area (Å²) in [7, 11) is 1.62. The second-order valence-corrected chi connectivity index (χ2v) is 4.16. The van der Waals surface area contributed by atoms with Crippen molar-refractivity contribution in [3.63, 3.8) is 0 Å². The minimum Gasteiger partial charge on any atom is -0.493 e. The molecule has 0 aliphatic carbocycles. The summed E-state index contributed by atoms with van der Waals surface area (Å²) < 4.78 is 10.9. The molecule has 1 aromatic carbocycles. The summed E-state index contributed by atoms with van der Waals surface area (Å²) in [6.45, 7) is 2.96. The Hall–Kier alpha value is -1.91. The lowest BCUT2D eigenvalue weighted by Crippen LogP contribution is -2.47. The SMILES string of the molecule is CCNC(=O)N[C@H]1COc2c(cccc2OC)C1. The molecule has 0 saturated carbocycles. The fourth-order valence-corrected chi connectivity index (χ4v) is 2.04. The second kappa shape index (κ2) is 5.62. The minimum atomic E-state index is -0.155. The molecule has 1 heterocycles. The van der Waals surface area contributed by atoms with Gasteiger partial charge in [0.05, 0.1) is 13.2 Å². The first-order valence-corrected chi connectivity index (χ1v) is 6.07. The number of carbonyl (C=O) groups is 1. The van der Waals surface area contributed by atoms with Gasteiger partial charge in [-0.25, -0.2) is 4.79 Å². The van der Waals surface area contributed by atoms with E-state index in [0.717, 1.165) is 23.5 Å². The van der Waals surface area contributed by atoms with Crippen molar-refractivity contribution in [1.29, 1.82) is 0 Å². The smallest absolute Gasteiger partial charge is 0.315 e. The van der Waals surface area contributed by atoms with Crippen LogP contribution in [0.5, 0.6) is 11.5 Å². The summed E-state index contributed by atoms with van der Waals surface area (Å²) in [5.41, 5.74) is 1.06. The predicted molar refractivity (Wildman–Crippen MR) is 68.2 cm³/mol. The van der Waals surface area contributed by atoms with Gasteiger partial charge in [-0.2, -0.15) is 0 Å². The first kappa shape index (κ1) is 12.5. The van der Waals surface area contributed by atoms with E-state index >= 15 is 0 Å². The summed E-state index contributed by atoms with van der Waals surface area (Å²) in [6, 6.07) is 5.63. The van der Waals surface area contributed by atoms with Crippen molar-refractivity contribution in [3.8, 4) is 11.5 Å². The van der Waals surface area contributed by atoms with Gasteiger partial charge in [-0.05, 0) is 19.4 Å². The maximum atomic E-state index is 11.4. The number of urea groups is 1. The van der Waals surface area contributed by atoms with Crippen molar-refractivity contribution in [1.82, 2.24) is 10.6 Å². The Morgan fingerprint density at radius 2 is 2.39 bits per heavy atom. The molecule has 18 heavy (non-hydrogen) atoms. The fourth-order valence-electron chi connectivity index (χ4n) is 2.04. The quantitative estimate of drug-likeness (QED) is 0.850. The molecule has 0 unspecified atom stereocenters. The molecule has 0 fully saturated rings. The Balaban J connectivity index is 2.04. The second-order valence-electron chi connectivity index (χ2n) is 4.16. The van der Waals surface area contributed by atoms with Crippen LogP contribution in [-0.4, -0.2) is 32.3 Å². The summed E-state index contributed by atoms with van der Waals surface area (Å²) in [5.74, 6) is 1.53. The zero-order chi connectivity index (χ0) is 13.0. The lowest BCUT2D eigenvalue weighted by atomic mass is 10.0. The highest BCUT2D eigenvalue weighted by molar-refractivity contribution is 5.74. The molecule has 98 valence electrons. The highest BCUT2D eigenvalue weighted by atomic mass is 16.5. The lowest BCUT2D eigenvalue weighted by molar-refractivity contribution is 0.210. The van der Waals surface area contributed by atoms with E-state index in [2.05, 4.69) is 10.6 Å². The number of fused-ring (bicyclic) bond motifs is 1. The van der Waals surface area contributed by atoms with E-state index in [1.807, 2.05) is 25.1 Å². The molecule has 1 aromatic rings. The molecule has 1 atom stereocenters. The van der Waals surface area contributed by atoms with E-state index in [0.29, 0.717) is 13.2 Å². The molecule has 0 bridgehead atoms. The van der Waals surface area contributed by atoms with Crippen LogP contribution in [0, 0.1) is 0 Å². The first-order valence-electron chi connectivity index (χ1n) is 6.07. The molecule has 0 radical (unpaired) electrons. The highest BCUT2D eigenvalue weighted by Gasteiger charge is 2.23. The van der Waals surface area contributed by atoms with Crippen LogP contribution < -0.4 is 20.1 Å². The van der Waals surface area contributed by atoms with Crippen LogP contribution in [0.1, 0.15) is 12.5 Å². The van der Waals surface area contributed by atoms with Gasteiger partial charge in [-0.15, -0.1) is 0 Å². The number of rotatable bonds is 3. The van der Waals surface area contributed by atoms with Crippen LogP contribution in [0.3, 0.4) is 0 Å². The van der Waals surface area contributed by atoms with Gasteiger partial charge in [0.25, 0.3) is 0 Å². The maximum Gasteiger partial charge on any atom is 0.315 e. The van der Waals surface area contributed by atoms with Gasteiger partial charge in [0, 0.05) is 12.1 Å². The van der Waals surface area contributed by atoms with E-state index in [4.69, 9.17) is 9.47 Å². The average molecular weight is 250 g/mol. The van der Waals surface area contributed by atoms with Crippen LogP contribution in [0.25, 0.3) is 0 Å². The van der Waals surface area contributed by atoms with Crippen LogP contribution in [0.2, 0.25) is 0 Å². The molecule has 2 rings (SSSR count). The number of benzene rings is 1. The molecule has 5 heteroatoms. The summed E-state index contributed by atoms with van der Waals surface area (Å²) in [5, 5.41) is 5.59. The normalized spacial score (nSPS) is 17.3. The summed E-state index contributed by atoms with van der Waals surface area (Å²) in [4.78, 5) is 11.4. The molecule has 2 N–H and O–H groups in total. The maximum absolute atomic E-state index is 11.4. The van der Waals surface area contributed by atoms with Crippen LogP contribution in [0.4, 0.5) is 4.79 Å². The Bertz CT molecular complexity index is 434. The third kappa shape index (κ3) is 2.67. The Labute approximate surface area is 106 Å². The first-order chi connectivity index (χ1) is 8.74. The van der Waals surface area contributed by atoms with Crippen LogP contribution in [0.15, 0.2) is 18.2 Å². The van der Waals surface area contributed by atoms with Crippen LogP contribution >= 0.6 is 0 Å². The summed E-state index contributed by atoms with van der Waals surface area (Å²) in [6.07, 6.45) is 0.754. The van der Waals surface area contributed by atoms with E-state index < -0.39 is 0 Å². The van der Waals surface area contributed by atoms with E-state index in [1.54, 1.807) is 7.11 Å². The van der Waals surface area contributed by atoms with Gasteiger partial charge in [0.15, 0.2) is 11.5 Å². The van der Waals surface area contributed by atoms with E-state index in [9.17, 15) is 4.79 Å². The Kier molecular flexibility index (Phi) is 3.92. The van der Waals surface area contributed by atoms with Crippen molar-refractivity contribution in [2.24, 2.45) is 0 Å². The Morgan fingerprint density at radius 1 is 1.56 bits per heavy atom. The number of para-hydroxylation sites is 1. The number of amides is 2. The monoisotopic (exact) mass is 250 g/mol. The summed E-state index contributed by atoms with van der Waals surface area (Å²) >= 11 is 0. The van der Waals surface area contributed by atoms with Gasteiger partial charge in [0.1, 0.15) is 6.61 Å². The van der Waals surface area contributed by atoms with Crippen molar-refractivity contribution in [3.05, 3.63) is 23.8 Å². The topological polar surface area (TPSA) is 59.6 Å². The van der Waals surface area contributed by atoms with Gasteiger partial charge < -0.3 is 20.1 Å². The number of carbonyl (C=O) groups excluding carboxylic acids is 1.